The van der Waals surface area contributed by atoms with E-state index >= 15 is 0 Å². The molecule has 0 unspecified atom stereocenters. The third-order valence-corrected chi connectivity index (χ3v) is 3.53. The fourth-order valence-corrected chi connectivity index (χ4v) is 2.31. The molecule has 21 heavy (non-hydrogen) atoms. The number of ether oxygens (including phenoxy) is 1. The van der Waals surface area contributed by atoms with Gasteiger partial charge in [0.1, 0.15) is 0 Å². The summed E-state index contributed by atoms with van der Waals surface area (Å²) in [6, 6.07) is 14.6. The lowest BCUT2D eigenvalue weighted by Crippen LogP contribution is -1.96. The molecule has 3 rings (SSSR count). The van der Waals surface area contributed by atoms with E-state index in [1.54, 1.807) is 25.1 Å². The minimum Gasteiger partial charge on any atom is -0.435 e. The second-order valence-electron chi connectivity index (χ2n) is 4.76. The summed E-state index contributed by atoms with van der Waals surface area (Å²) >= 11 is 5.87. The van der Waals surface area contributed by atoms with Gasteiger partial charge in [-0.1, -0.05) is 30.3 Å². The average Bonchev–Trinajstić information content (AvgIpc) is 2.51. The molecule has 4 heteroatoms. The fourth-order valence-electron chi connectivity index (χ4n) is 2.17. The molecule has 3 aromatic rings. The van der Waals surface area contributed by atoms with Crippen LogP contribution in [0, 0.1) is 12.7 Å². The lowest BCUT2D eigenvalue weighted by Gasteiger charge is -2.11. The average molecular weight is 302 g/mol. The van der Waals surface area contributed by atoms with Crippen LogP contribution in [0.2, 0.25) is 0 Å². The number of alkyl halides is 1. The van der Waals surface area contributed by atoms with Crippen LogP contribution in [0.1, 0.15) is 11.3 Å². The van der Waals surface area contributed by atoms with Crippen molar-refractivity contribution in [3.8, 4) is 11.6 Å². The first-order chi connectivity index (χ1) is 10.2. The first-order valence-electron chi connectivity index (χ1n) is 6.56. The summed E-state index contributed by atoms with van der Waals surface area (Å²) in [6.07, 6.45) is 0. The van der Waals surface area contributed by atoms with Crippen LogP contribution in [-0.2, 0) is 5.88 Å². The van der Waals surface area contributed by atoms with Gasteiger partial charge in [-0.2, -0.15) is 0 Å². The number of pyridine rings is 1. The van der Waals surface area contributed by atoms with Crippen molar-refractivity contribution in [3.05, 3.63) is 65.6 Å². The van der Waals surface area contributed by atoms with Gasteiger partial charge < -0.3 is 4.74 Å². The number of hydrogen-bond donors (Lipinski definition) is 0. The number of halogens is 2. The molecule has 0 bridgehead atoms. The van der Waals surface area contributed by atoms with Crippen LogP contribution in [0.15, 0.2) is 48.5 Å². The number of hydrogen-bond acceptors (Lipinski definition) is 2. The van der Waals surface area contributed by atoms with E-state index in [1.165, 1.54) is 0 Å². The van der Waals surface area contributed by atoms with E-state index in [0.29, 0.717) is 17.1 Å². The van der Waals surface area contributed by atoms with Gasteiger partial charge in [-0.05, 0) is 36.1 Å². The van der Waals surface area contributed by atoms with Crippen LogP contribution < -0.4 is 4.74 Å². The Kier molecular flexibility index (Phi) is 3.76. The van der Waals surface area contributed by atoms with Crippen LogP contribution in [0.3, 0.4) is 0 Å². The highest BCUT2D eigenvalue weighted by Gasteiger charge is 2.11. The van der Waals surface area contributed by atoms with Crippen molar-refractivity contribution in [1.29, 1.82) is 0 Å². The van der Waals surface area contributed by atoms with Crippen LogP contribution in [0.25, 0.3) is 10.8 Å². The van der Waals surface area contributed by atoms with Crippen LogP contribution in [0.5, 0.6) is 11.6 Å². The van der Waals surface area contributed by atoms with Gasteiger partial charge in [0.05, 0.1) is 11.6 Å². The normalized spacial score (nSPS) is 10.8. The third kappa shape index (κ3) is 2.69. The summed E-state index contributed by atoms with van der Waals surface area (Å²) < 4.78 is 19.8. The Bertz CT molecular complexity index is 804. The standard InChI is InChI=1S/C17H13ClFNO/c1-11-5-4-8-15(16(11)19)21-17-14-7-3-2-6-12(14)9-13(10-18)20-17/h2-9H,10H2,1H3. The molecule has 0 radical (unpaired) electrons. The van der Waals surface area contributed by atoms with Gasteiger partial charge in [0.25, 0.3) is 0 Å². The maximum Gasteiger partial charge on any atom is 0.227 e. The van der Waals surface area contributed by atoms with E-state index in [9.17, 15) is 4.39 Å². The molecule has 0 saturated carbocycles. The quantitative estimate of drug-likeness (QED) is 0.619. The summed E-state index contributed by atoms with van der Waals surface area (Å²) in [4.78, 5) is 4.36. The molecule has 2 nitrogen and oxygen atoms in total. The second-order valence-corrected chi connectivity index (χ2v) is 5.03. The molecule has 106 valence electrons. The first-order valence-corrected chi connectivity index (χ1v) is 7.10. The molecular formula is C17H13ClFNO. The number of nitrogens with zero attached hydrogens (tertiary/aromatic N) is 1. The number of aromatic nitrogens is 1. The Hall–Kier alpha value is -2.13. The Morgan fingerprint density at radius 1 is 1.14 bits per heavy atom. The molecule has 0 atom stereocenters. The first kappa shape index (κ1) is 13.8. The molecular weight excluding hydrogens is 289 g/mol. The Morgan fingerprint density at radius 2 is 1.95 bits per heavy atom. The topological polar surface area (TPSA) is 22.1 Å². The minimum absolute atomic E-state index is 0.166. The van der Waals surface area contributed by atoms with Crippen LogP contribution in [0.4, 0.5) is 4.39 Å². The van der Waals surface area contributed by atoms with E-state index in [1.807, 2.05) is 30.3 Å². The largest absolute Gasteiger partial charge is 0.435 e. The summed E-state index contributed by atoms with van der Waals surface area (Å²) in [7, 11) is 0. The smallest absolute Gasteiger partial charge is 0.227 e. The van der Waals surface area contributed by atoms with E-state index in [4.69, 9.17) is 16.3 Å². The van der Waals surface area contributed by atoms with Gasteiger partial charge in [-0.25, -0.2) is 9.37 Å². The molecule has 0 aliphatic heterocycles. The number of rotatable bonds is 3. The van der Waals surface area contributed by atoms with Gasteiger partial charge in [0, 0.05) is 5.39 Å². The van der Waals surface area contributed by atoms with Crippen molar-refractivity contribution in [3.63, 3.8) is 0 Å². The number of aryl methyl sites for hydroxylation is 1. The van der Waals surface area contributed by atoms with E-state index < -0.39 is 0 Å². The van der Waals surface area contributed by atoms with Gasteiger partial charge >= 0.3 is 0 Å². The monoisotopic (exact) mass is 301 g/mol. The highest BCUT2D eigenvalue weighted by atomic mass is 35.5. The third-order valence-electron chi connectivity index (χ3n) is 3.26. The second kappa shape index (κ2) is 5.70. The molecule has 0 N–H and O–H groups in total. The van der Waals surface area contributed by atoms with Crippen molar-refractivity contribution in [1.82, 2.24) is 4.98 Å². The molecule has 1 aromatic heterocycles. The van der Waals surface area contributed by atoms with Crippen molar-refractivity contribution in [2.75, 3.05) is 0 Å². The van der Waals surface area contributed by atoms with E-state index in [0.717, 1.165) is 10.8 Å². The predicted molar refractivity (Wildman–Crippen MR) is 82.5 cm³/mol. The molecule has 0 aliphatic rings. The minimum atomic E-state index is -0.375. The van der Waals surface area contributed by atoms with Gasteiger partial charge in [0.15, 0.2) is 11.6 Å². The van der Waals surface area contributed by atoms with E-state index in [2.05, 4.69) is 4.98 Å². The van der Waals surface area contributed by atoms with Gasteiger partial charge in [0.2, 0.25) is 5.88 Å². The molecule has 0 spiro atoms. The Morgan fingerprint density at radius 3 is 2.76 bits per heavy atom. The van der Waals surface area contributed by atoms with Crippen LogP contribution in [-0.4, -0.2) is 4.98 Å². The molecule has 0 aliphatic carbocycles. The van der Waals surface area contributed by atoms with Crippen molar-refractivity contribution in [2.45, 2.75) is 12.8 Å². The maximum absolute atomic E-state index is 14.1. The van der Waals surface area contributed by atoms with Crippen molar-refractivity contribution >= 4 is 22.4 Å². The Balaban J connectivity index is 2.13. The summed E-state index contributed by atoms with van der Waals surface area (Å²) in [5.41, 5.74) is 1.23. The zero-order chi connectivity index (χ0) is 14.8. The van der Waals surface area contributed by atoms with Gasteiger partial charge in [-0.15, -0.1) is 11.6 Å². The molecule has 0 amide bonds. The molecule has 1 heterocycles. The summed E-state index contributed by atoms with van der Waals surface area (Å²) in [5.74, 6) is 0.435. The number of benzene rings is 2. The molecule has 0 fully saturated rings. The Labute approximate surface area is 127 Å². The SMILES string of the molecule is Cc1cccc(Oc2nc(CCl)cc3ccccc23)c1F. The highest BCUT2D eigenvalue weighted by Crippen LogP contribution is 2.31. The lowest BCUT2D eigenvalue weighted by atomic mass is 10.1. The van der Waals surface area contributed by atoms with Crippen LogP contribution >= 0.6 is 11.6 Å². The highest BCUT2D eigenvalue weighted by molar-refractivity contribution is 6.17. The predicted octanol–water partition coefficient (Wildman–Crippen LogP) is 5.21. The van der Waals surface area contributed by atoms with Crippen molar-refractivity contribution < 1.29 is 9.13 Å². The lowest BCUT2D eigenvalue weighted by molar-refractivity contribution is 0.429. The fraction of sp³-hybridized carbons (Fsp3) is 0.118. The summed E-state index contributed by atoms with van der Waals surface area (Å²) in [5, 5.41) is 1.79. The number of fused-ring (bicyclic) bond motifs is 1. The molecule has 2 aromatic carbocycles. The van der Waals surface area contributed by atoms with E-state index in [-0.39, 0.29) is 17.4 Å². The zero-order valence-electron chi connectivity index (χ0n) is 11.4. The van der Waals surface area contributed by atoms with Crippen molar-refractivity contribution in [2.24, 2.45) is 0 Å². The molecule has 0 saturated heterocycles. The van der Waals surface area contributed by atoms with Gasteiger partial charge in [-0.3, -0.25) is 0 Å². The maximum atomic E-state index is 14.1. The summed E-state index contributed by atoms with van der Waals surface area (Å²) in [6.45, 7) is 1.70. The zero-order valence-corrected chi connectivity index (χ0v) is 12.2.